The van der Waals surface area contributed by atoms with Gasteiger partial charge in [-0.2, -0.15) is 0 Å². The van der Waals surface area contributed by atoms with Gasteiger partial charge < -0.3 is 0 Å². The highest BCUT2D eigenvalue weighted by Crippen LogP contribution is 2.16. The van der Waals surface area contributed by atoms with E-state index < -0.39 is 0 Å². The minimum Gasteiger partial charge on any atom is -0.0885 e. The summed E-state index contributed by atoms with van der Waals surface area (Å²) in [4.78, 5) is 0. The number of allylic oxidation sites excluding steroid dienone is 2. The number of hydrogen-bond donors (Lipinski definition) is 0. The number of rotatable bonds is 0. The summed E-state index contributed by atoms with van der Waals surface area (Å²) in [5.41, 5.74) is 0. The van der Waals surface area contributed by atoms with Crippen LogP contribution in [-0.2, 0) is 0 Å². The molecule has 0 radical (unpaired) electrons. The van der Waals surface area contributed by atoms with E-state index in [1.54, 1.807) is 0 Å². The van der Waals surface area contributed by atoms with E-state index in [-0.39, 0.29) is 0 Å². The molecule has 0 unspecified atom stereocenters. The molecule has 1 aliphatic rings. The zero-order valence-corrected chi connectivity index (χ0v) is 20.2. The molecule has 0 aliphatic heterocycles. The molecular formula is C29H56. The molecular weight excluding hydrogens is 348 g/mol. The Hall–Kier alpha value is -0.260. The normalized spacial score (nSPS) is 24.6. The smallest absolute Gasteiger partial charge is 0.0351 e. The van der Waals surface area contributed by atoms with Crippen molar-refractivity contribution in [2.75, 3.05) is 0 Å². The topological polar surface area (TPSA) is 0 Å². The Labute approximate surface area is 185 Å². The lowest BCUT2D eigenvalue weighted by atomic mass is 10.0. The highest BCUT2D eigenvalue weighted by molar-refractivity contribution is 4.81. The van der Waals surface area contributed by atoms with Crippen molar-refractivity contribution in [1.82, 2.24) is 0 Å². The van der Waals surface area contributed by atoms with Gasteiger partial charge in [-0.05, 0) is 25.7 Å². The molecule has 0 aromatic rings. The molecule has 0 saturated heterocycles. The second-order valence-corrected chi connectivity index (χ2v) is 9.89. The van der Waals surface area contributed by atoms with Gasteiger partial charge in [0.05, 0.1) is 0 Å². The first-order valence-electron chi connectivity index (χ1n) is 14.1. The van der Waals surface area contributed by atoms with E-state index >= 15 is 0 Å². The van der Waals surface area contributed by atoms with Gasteiger partial charge in [0.1, 0.15) is 0 Å². The van der Waals surface area contributed by atoms with E-state index in [1.165, 1.54) is 173 Å². The van der Waals surface area contributed by atoms with Crippen molar-refractivity contribution in [3.8, 4) is 0 Å². The first-order chi connectivity index (χ1) is 14.5. The predicted octanol–water partition coefficient (Wildman–Crippen LogP) is 11.1. The fourth-order valence-electron chi connectivity index (χ4n) is 4.83. The van der Waals surface area contributed by atoms with Crippen molar-refractivity contribution >= 4 is 0 Å². The fourth-order valence-corrected chi connectivity index (χ4v) is 4.83. The van der Waals surface area contributed by atoms with Crippen LogP contribution in [0.3, 0.4) is 0 Å². The van der Waals surface area contributed by atoms with E-state index in [1.807, 2.05) is 0 Å². The summed E-state index contributed by atoms with van der Waals surface area (Å²) in [6, 6.07) is 0. The van der Waals surface area contributed by atoms with E-state index in [0.717, 1.165) is 0 Å². The highest BCUT2D eigenvalue weighted by atomic mass is 14.0. The number of hydrogen-bond acceptors (Lipinski definition) is 0. The third-order valence-electron chi connectivity index (χ3n) is 6.91. The van der Waals surface area contributed by atoms with Gasteiger partial charge in [-0.3, -0.25) is 0 Å². The molecule has 0 aromatic carbocycles. The van der Waals surface area contributed by atoms with Crippen molar-refractivity contribution < 1.29 is 0 Å². The van der Waals surface area contributed by atoms with Crippen LogP contribution in [0.1, 0.15) is 173 Å². The minimum absolute atomic E-state index is 1.32. The quantitative estimate of drug-likeness (QED) is 0.352. The van der Waals surface area contributed by atoms with Gasteiger partial charge in [-0.1, -0.05) is 160 Å². The van der Waals surface area contributed by atoms with Gasteiger partial charge in [0, 0.05) is 0 Å². The van der Waals surface area contributed by atoms with Crippen molar-refractivity contribution in [3.05, 3.63) is 12.2 Å². The average Bonchev–Trinajstić information content (AvgIpc) is 2.73. The third-order valence-corrected chi connectivity index (χ3v) is 6.91. The molecule has 0 spiro atoms. The van der Waals surface area contributed by atoms with Crippen molar-refractivity contribution in [3.63, 3.8) is 0 Å². The lowest BCUT2D eigenvalue weighted by Gasteiger charge is -2.04. The molecule has 0 aromatic heterocycles. The Morgan fingerprint density at radius 2 is 0.310 bits per heavy atom. The molecule has 0 N–H and O–H groups in total. The molecule has 0 heteroatoms. The third kappa shape index (κ3) is 22.3. The largest absolute Gasteiger partial charge is 0.0885 e. The lowest BCUT2D eigenvalue weighted by Crippen LogP contribution is -1.84. The molecule has 29 heavy (non-hydrogen) atoms. The highest BCUT2D eigenvalue weighted by Gasteiger charge is 1.96. The molecule has 0 heterocycles. The maximum atomic E-state index is 2.46. The second-order valence-electron chi connectivity index (χ2n) is 9.89. The summed E-state index contributed by atoms with van der Waals surface area (Å²) in [6.07, 6.45) is 44.5. The standard InChI is InChI=1S/C29H56/c1-2-4-6-8-10-12-14-16-18-20-22-24-26-28-29-27-25-23-21-19-17-15-13-11-9-7-5-3-1/h1-2H,3-29H2/b2-1+. The summed E-state index contributed by atoms with van der Waals surface area (Å²) in [6.45, 7) is 0. The maximum absolute atomic E-state index is 2.46. The maximum Gasteiger partial charge on any atom is -0.0351 e. The molecule has 0 atom stereocenters. The molecule has 0 nitrogen and oxygen atoms in total. The van der Waals surface area contributed by atoms with Gasteiger partial charge in [0.15, 0.2) is 0 Å². The van der Waals surface area contributed by atoms with Crippen LogP contribution in [0, 0.1) is 0 Å². The summed E-state index contributed by atoms with van der Waals surface area (Å²) in [5, 5.41) is 0. The van der Waals surface area contributed by atoms with E-state index in [4.69, 9.17) is 0 Å². The average molecular weight is 405 g/mol. The van der Waals surface area contributed by atoms with Gasteiger partial charge in [-0.25, -0.2) is 0 Å². The molecule has 0 fully saturated rings. The van der Waals surface area contributed by atoms with Crippen LogP contribution in [0.2, 0.25) is 0 Å². The first kappa shape index (κ1) is 26.8. The minimum atomic E-state index is 1.32. The molecule has 1 aliphatic carbocycles. The zero-order valence-electron chi connectivity index (χ0n) is 20.2. The Kier molecular flexibility index (Phi) is 22.2. The van der Waals surface area contributed by atoms with Gasteiger partial charge in [-0.15, -0.1) is 0 Å². The van der Waals surface area contributed by atoms with Crippen molar-refractivity contribution in [2.45, 2.75) is 173 Å². The summed E-state index contributed by atoms with van der Waals surface area (Å²) in [5.74, 6) is 0. The SMILES string of the molecule is C1=C/CCCCCCCCCCCCCCCCCCCCCCCCCCC/1. The van der Waals surface area contributed by atoms with Crippen molar-refractivity contribution in [1.29, 1.82) is 0 Å². The van der Waals surface area contributed by atoms with Crippen LogP contribution in [0.25, 0.3) is 0 Å². The van der Waals surface area contributed by atoms with Gasteiger partial charge >= 0.3 is 0 Å². The molecule has 0 amide bonds. The second kappa shape index (κ2) is 24.0. The molecule has 172 valence electrons. The van der Waals surface area contributed by atoms with Gasteiger partial charge in [0.2, 0.25) is 0 Å². The molecule has 1 rings (SSSR count). The van der Waals surface area contributed by atoms with E-state index in [2.05, 4.69) is 12.2 Å². The molecule has 0 bridgehead atoms. The van der Waals surface area contributed by atoms with Crippen molar-refractivity contribution in [2.24, 2.45) is 0 Å². The van der Waals surface area contributed by atoms with Crippen LogP contribution in [-0.4, -0.2) is 0 Å². The Morgan fingerprint density at radius 1 is 0.172 bits per heavy atom. The predicted molar refractivity (Wildman–Crippen MR) is 134 cm³/mol. The van der Waals surface area contributed by atoms with Crippen LogP contribution in [0.5, 0.6) is 0 Å². The van der Waals surface area contributed by atoms with E-state index in [9.17, 15) is 0 Å². The zero-order chi connectivity index (χ0) is 20.5. The Morgan fingerprint density at radius 3 is 0.483 bits per heavy atom. The summed E-state index contributed by atoms with van der Waals surface area (Å²) in [7, 11) is 0. The van der Waals surface area contributed by atoms with Crippen LogP contribution in [0.15, 0.2) is 12.2 Å². The van der Waals surface area contributed by atoms with Crippen LogP contribution < -0.4 is 0 Å². The summed E-state index contributed by atoms with van der Waals surface area (Å²) >= 11 is 0. The monoisotopic (exact) mass is 404 g/mol. The Balaban J connectivity index is 2.04. The summed E-state index contributed by atoms with van der Waals surface area (Å²) < 4.78 is 0. The Bertz CT molecular complexity index is 286. The van der Waals surface area contributed by atoms with Gasteiger partial charge in [0.25, 0.3) is 0 Å². The van der Waals surface area contributed by atoms with E-state index in [0.29, 0.717) is 0 Å². The molecule has 0 saturated carbocycles. The van der Waals surface area contributed by atoms with Crippen LogP contribution in [0.4, 0.5) is 0 Å². The first-order valence-corrected chi connectivity index (χ1v) is 14.1. The van der Waals surface area contributed by atoms with Crippen LogP contribution >= 0.6 is 0 Å². The lowest BCUT2D eigenvalue weighted by molar-refractivity contribution is 0.516. The fraction of sp³-hybridized carbons (Fsp3) is 0.931.